The van der Waals surface area contributed by atoms with Crippen molar-refractivity contribution < 1.29 is 0 Å². The van der Waals surface area contributed by atoms with E-state index in [2.05, 4.69) is 40.0 Å². The van der Waals surface area contributed by atoms with Crippen molar-refractivity contribution >= 4 is 28.3 Å². The minimum atomic E-state index is 0.896. The van der Waals surface area contributed by atoms with Crippen LogP contribution in [-0.2, 0) is 13.1 Å². The number of hydrogen-bond donors (Lipinski definition) is 2. The van der Waals surface area contributed by atoms with Gasteiger partial charge in [0.15, 0.2) is 0 Å². The van der Waals surface area contributed by atoms with Crippen molar-refractivity contribution in [3.63, 3.8) is 0 Å². The molecule has 58 valence electrons. The normalized spacial score (nSPS) is 15.0. The Morgan fingerprint density at radius 2 is 1.91 bits per heavy atom. The van der Waals surface area contributed by atoms with Crippen LogP contribution in [0, 0.1) is 3.57 Å². The van der Waals surface area contributed by atoms with Crippen molar-refractivity contribution in [3.8, 4) is 0 Å². The number of hydrogen-bond acceptors (Lipinski definition) is 2. The van der Waals surface area contributed by atoms with Gasteiger partial charge in [-0.1, -0.05) is 0 Å². The summed E-state index contributed by atoms with van der Waals surface area (Å²) in [5.74, 6) is 0. The van der Waals surface area contributed by atoms with Crippen LogP contribution in [0.15, 0.2) is 12.1 Å². The van der Waals surface area contributed by atoms with Gasteiger partial charge in [-0.2, -0.15) is 0 Å². The number of rotatable bonds is 0. The van der Waals surface area contributed by atoms with Gasteiger partial charge in [0.05, 0.1) is 0 Å². The molecule has 2 nitrogen and oxygen atoms in total. The molecule has 1 aliphatic heterocycles. The second kappa shape index (κ2) is 2.64. The second-order valence-electron chi connectivity index (χ2n) is 2.75. The van der Waals surface area contributed by atoms with E-state index in [0.717, 1.165) is 22.3 Å². The highest BCUT2D eigenvalue weighted by Crippen LogP contribution is 2.23. The molecular formula is C8H9IN2. The Hall–Kier alpha value is -0.290. The average Bonchev–Trinajstić information content (AvgIpc) is 2.36. The minimum absolute atomic E-state index is 0.896. The number of benzene rings is 1. The Kier molecular flexibility index (Phi) is 1.77. The Bertz CT molecular complexity index is 267. The highest BCUT2D eigenvalue weighted by molar-refractivity contribution is 14.1. The lowest BCUT2D eigenvalue weighted by molar-refractivity contribution is 0.765. The molecular weight excluding hydrogens is 251 g/mol. The van der Waals surface area contributed by atoms with Crippen LogP contribution in [0.3, 0.4) is 0 Å². The van der Waals surface area contributed by atoms with Crippen LogP contribution in [0.2, 0.25) is 0 Å². The molecule has 3 N–H and O–H groups in total. The molecule has 0 aliphatic carbocycles. The Morgan fingerprint density at radius 3 is 2.64 bits per heavy atom. The van der Waals surface area contributed by atoms with Crippen molar-refractivity contribution in [2.45, 2.75) is 13.1 Å². The van der Waals surface area contributed by atoms with E-state index in [-0.39, 0.29) is 0 Å². The topological polar surface area (TPSA) is 38.0 Å². The summed E-state index contributed by atoms with van der Waals surface area (Å²) in [5.41, 5.74) is 9.40. The third-order valence-electron chi connectivity index (χ3n) is 1.95. The maximum Gasteiger partial charge on any atom is 0.0453 e. The van der Waals surface area contributed by atoms with E-state index in [9.17, 15) is 0 Å². The molecule has 0 bridgehead atoms. The van der Waals surface area contributed by atoms with Crippen LogP contribution >= 0.6 is 22.6 Å². The van der Waals surface area contributed by atoms with Gasteiger partial charge < -0.3 is 11.1 Å². The van der Waals surface area contributed by atoms with Crippen LogP contribution < -0.4 is 11.1 Å². The molecule has 1 heterocycles. The van der Waals surface area contributed by atoms with Crippen LogP contribution in [0.25, 0.3) is 0 Å². The van der Waals surface area contributed by atoms with Gasteiger partial charge in [-0.3, -0.25) is 0 Å². The number of anilines is 1. The predicted octanol–water partition coefficient (Wildman–Crippen LogP) is 1.48. The van der Waals surface area contributed by atoms with Gasteiger partial charge in [0.2, 0.25) is 0 Å². The van der Waals surface area contributed by atoms with Crippen LogP contribution in [0.5, 0.6) is 0 Å². The number of halogens is 1. The molecule has 1 aromatic carbocycles. The van der Waals surface area contributed by atoms with E-state index in [1.54, 1.807) is 0 Å². The highest BCUT2D eigenvalue weighted by atomic mass is 127. The van der Waals surface area contributed by atoms with Gasteiger partial charge in [0.1, 0.15) is 0 Å². The number of nitrogens with one attached hydrogen (secondary N) is 1. The summed E-state index contributed by atoms with van der Waals surface area (Å²) >= 11 is 2.26. The van der Waals surface area contributed by atoms with E-state index >= 15 is 0 Å². The summed E-state index contributed by atoms with van der Waals surface area (Å²) < 4.78 is 1.16. The SMILES string of the molecule is Nc1cc2c(cc1I)CNC2. The van der Waals surface area contributed by atoms with E-state index in [4.69, 9.17) is 5.73 Å². The lowest BCUT2D eigenvalue weighted by atomic mass is 10.1. The summed E-state index contributed by atoms with van der Waals surface area (Å²) in [6, 6.07) is 4.22. The molecule has 0 saturated heterocycles. The first-order valence-electron chi connectivity index (χ1n) is 3.55. The molecule has 0 saturated carbocycles. The summed E-state index contributed by atoms with van der Waals surface area (Å²) in [5, 5.41) is 3.28. The number of nitrogens with two attached hydrogens (primary N) is 1. The summed E-state index contributed by atoms with van der Waals surface area (Å²) in [4.78, 5) is 0. The minimum Gasteiger partial charge on any atom is -0.398 e. The lowest BCUT2D eigenvalue weighted by Crippen LogP contribution is -1.99. The zero-order chi connectivity index (χ0) is 7.84. The molecule has 0 aromatic heterocycles. The molecule has 0 fully saturated rings. The molecule has 0 amide bonds. The highest BCUT2D eigenvalue weighted by Gasteiger charge is 2.11. The Balaban J connectivity index is 2.57. The average molecular weight is 260 g/mol. The maximum atomic E-state index is 5.76. The van der Waals surface area contributed by atoms with Gasteiger partial charge in [0.25, 0.3) is 0 Å². The third kappa shape index (κ3) is 1.22. The predicted molar refractivity (Wildman–Crippen MR) is 54.1 cm³/mol. The van der Waals surface area contributed by atoms with Crippen molar-refractivity contribution in [2.24, 2.45) is 0 Å². The van der Waals surface area contributed by atoms with Crippen LogP contribution in [0.1, 0.15) is 11.1 Å². The van der Waals surface area contributed by atoms with Gasteiger partial charge in [-0.05, 0) is 45.9 Å². The molecule has 1 aliphatic rings. The number of fused-ring (bicyclic) bond motifs is 1. The quantitative estimate of drug-likeness (QED) is 0.547. The van der Waals surface area contributed by atoms with E-state index < -0.39 is 0 Å². The lowest BCUT2D eigenvalue weighted by Gasteiger charge is -2.01. The first-order chi connectivity index (χ1) is 5.27. The van der Waals surface area contributed by atoms with Crippen molar-refractivity contribution in [1.82, 2.24) is 5.32 Å². The number of nitrogen functional groups attached to an aromatic ring is 1. The second-order valence-corrected chi connectivity index (χ2v) is 3.91. The fourth-order valence-electron chi connectivity index (χ4n) is 1.34. The van der Waals surface area contributed by atoms with Crippen molar-refractivity contribution in [3.05, 3.63) is 26.8 Å². The van der Waals surface area contributed by atoms with E-state index in [1.165, 1.54) is 11.1 Å². The van der Waals surface area contributed by atoms with E-state index in [1.807, 2.05) is 0 Å². The van der Waals surface area contributed by atoms with Gasteiger partial charge in [-0.25, -0.2) is 0 Å². The molecule has 2 rings (SSSR count). The van der Waals surface area contributed by atoms with Gasteiger partial charge in [-0.15, -0.1) is 0 Å². The molecule has 3 heteroatoms. The smallest absolute Gasteiger partial charge is 0.0453 e. The van der Waals surface area contributed by atoms with Crippen molar-refractivity contribution in [1.29, 1.82) is 0 Å². The maximum absolute atomic E-state index is 5.76. The van der Waals surface area contributed by atoms with Crippen molar-refractivity contribution in [2.75, 3.05) is 5.73 Å². The van der Waals surface area contributed by atoms with E-state index in [0.29, 0.717) is 0 Å². The largest absolute Gasteiger partial charge is 0.398 e. The van der Waals surface area contributed by atoms with Crippen LogP contribution in [0.4, 0.5) is 5.69 Å². The third-order valence-corrected chi connectivity index (χ3v) is 2.88. The monoisotopic (exact) mass is 260 g/mol. The summed E-state index contributed by atoms with van der Waals surface area (Å²) in [6.45, 7) is 1.96. The molecule has 11 heavy (non-hydrogen) atoms. The van der Waals surface area contributed by atoms with Crippen LogP contribution in [-0.4, -0.2) is 0 Å². The molecule has 0 unspecified atom stereocenters. The molecule has 1 aromatic rings. The Labute approximate surface area is 79.3 Å². The molecule has 0 radical (unpaired) electrons. The fourth-order valence-corrected chi connectivity index (χ4v) is 1.87. The molecule has 0 spiro atoms. The first-order valence-corrected chi connectivity index (χ1v) is 4.63. The summed E-state index contributed by atoms with van der Waals surface area (Å²) in [7, 11) is 0. The Morgan fingerprint density at radius 1 is 1.27 bits per heavy atom. The summed E-state index contributed by atoms with van der Waals surface area (Å²) in [6.07, 6.45) is 0. The molecule has 0 atom stereocenters. The zero-order valence-electron chi connectivity index (χ0n) is 6.02. The standard InChI is InChI=1S/C8H9IN2/c9-7-1-5-3-11-4-6(5)2-8(7)10/h1-2,11H,3-4,10H2. The first kappa shape index (κ1) is 7.36. The van der Waals surface area contributed by atoms with Gasteiger partial charge >= 0.3 is 0 Å². The zero-order valence-corrected chi connectivity index (χ0v) is 8.18. The van der Waals surface area contributed by atoms with Gasteiger partial charge in [0, 0.05) is 22.3 Å². The fraction of sp³-hybridized carbons (Fsp3) is 0.250.